The van der Waals surface area contributed by atoms with Crippen molar-refractivity contribution in [1.82, 2.24) is 20.0 Å². The van der Waals surface area contributed by atoms with Crippen molar-refractivity contribution in [3.05, 3.63) is 17.5 Å². The van der Waals surface area contributed by atoms with Gasteiger partial charge in [0.25, 0.3) is 0 Å². The number of likely N-dealkylation sites (N-methyl/N-ethyl adjacent to an activating group) is 1. The quantitative estimate of drug-likeness (QED) is 0.873. The Balaban J connectivity index is 0.00000200. The molecule has 0 aliphatic carbocycles. The van der Waals surface area contributed by atoms with Gasteiger partial charge >= 0.3 is 0 Å². The highest BCUT2D eigenvalue weighted by Gasteiger charge is 2.24. The van der Waals surface area contributed by atoms with Crippen molar-refractivity contribution in [3.8, 4) is 0 Å². The van der Waals surface area contributed by atoms with E-state index >= 15 is 0 Å². The Bertz CT molecular complexity index is 450. The van der Waals surface area contributed by atoms with Crippen molar-refractivity contribution in [2.45, 2.75) is 26.5 Å². The van der Waals surface area contributed by atoms with Gasteiger partial charge in [-0.1, -0.05) is 0 Å². The summed E-state index contributed by atoms with van der Waals surface area (Å²) in [6, 6.07) is 2.05. The average molecular weight is 303 g/mol. The molecule has 1 aliphatic rings. The number of halogens is 1. The van der Waals surface area contributed by atoms with Gasteiger partial charge < -0.3 is 15.0 Å². The monoisotopic (exact) mass is 302 g/mol. The molecular formula is C13H23ClN4O2. The van der Waals surface area contributed by atoms with E-state index in [9.17, 15) is 4.79 Å². The van der Waals surface area contributed by atoms with E-state index in [0.29, 0.717) is 32.8 Å². The van der Waals surface area contributed by atoms with Crippen molar-refractivity contribution in [1.29, 1.82) is 0 Å². The van der Waals surface area contributed by atoms with E-state index in [1.807, 2.05) is 29.5 Å². The molecule has 0 bridgehead atoms. The summed E-state index contributed by atoms with van der Waals surface area (Å²) >= 11 is 0. The Hall–Kier alpha value is -1.11. The fourth-order valence-electron chi connectivity index (χ4n) is 2.37. The molecular weight excluding hydrogens is 280 g/mol. The highest BCUT2D eigenvalue weighted by atomic mass is 35.5. The zero-order valence-electron chi connectivity index (χ0n) is 12.3. The molecule has 20 heavy (non-hydrogen) atoms. The molecule has 2 rings (SSSR count). The van der Waals surface area contributed by atoms with Gasteiger partial charge in [-0.2, -0.15) is 5.10 Å². The van der Waals surface area contributed by atoms with Crippen molar-refractivity contribution in [3.63, 3.8) is 0 Å². The summed E-state index contributed by atoms with van der Waals surface area (Å²) in [5.74, 6) is 0.129. The third-order valence-electron chi connectivity index (χ3n) is 3.30. The molecule has 1 saturated heterocycles. The van der Waals surface area contributed by atoms with Gasteiger partial charge in [-0.3, -0.25) is 9.48 Å². The first-order valence-corrected chi connectivity index (χ1v) is 6.65. The van der Waals surface area contributed by atoms with Gasteiger partial charge in [-0.15, -0.1) is 12.4 Å². The summed E-state index contributed by atoms with van der Waals surface area (Å²) in [7, 11) is 1.78. The van der Waals surface area contributed by atoms with Crippen molar-refractivity contribution < 1.29 is 9.53 Å². The number of aromatic nitrogens is 2. The molecule has 1 fully saturated rings. The molecule has 114 valence electrons. The SMILES string of the molecule is CNCC(=O)N1CCOC(Cn2nc(C)cc2C)C1.Cl. The molecule has 1 aliphatic heterocycles. The van der Waals surface area contributed by atoms with E-state index in [1.165, 1.54) is 0 Å². The van der Waals surface area contributed by atoms with Gasteiger partial charge in [0.05, 0.1) is 31.5 Å². The van der Waals surface area contributed by atoms with Crippen molar-refractivity contribution >= 4 is 18.3 Å². The second kappa shape index (κ2) is 7.61. The average Bonchev–Trinajstić information content (AvgIpc) is 2.68. The van der Waals surface area contributed by atoms with Gasteiger partial charge in [0.1, 0.15) is 0 Å². The maximum absolute atomic E-state index is 11.9. The van der Waals surface area contributed by atoms with E-state index in [-0.39, 0.29) is 24.4 Å². The fraction of sp³-hybridized carbons (Fsp3) is 0.692. The number of nitrogens with one attached hydrogen (secondary N) is 1. The number of carbonyl (C=O) groups is 1. The van der Waals surface area contributed by atoms with E-state index in [1.54, 1.807) is 7.05 Å². The number of aryl methyl sites for hydroxylation is 2. The number of ether oxygens (including phenoxy) is 1. The first kappa shape index (κ1) is 16.9. The first-order valence-electron chi connectivity index (χ1n) is 6.65. The zero-order chi connectivity index (χ0) is 13.8. The number of nitrogens with zero attached hydrogens (tertiary/aromatic N) is 3. The number of amides is 1. The van der Waals surface area contributed by atoms with E-state index in [4.69, 9.17) is 4.74 Å². The second-order valence-electron chi connectivity index (χ2n) is 4.97. The normalized spacial score (nSPS) is 18.8. The van der Waals surface area contributed by atoms with Crippen LogP contribution in [0, 0.1) is 13.8 Å². The maximum atomic E-state index is 11.9. The van der Waals surface area contributed by atoms with Crippen LogP contribution in [0.1, 0.15) is 11.4 Å². The van der Waals surface area contributed by atoms with Gasteiger partial charge in [0.15, 0.2) is 0 Å². The first-order chi connectivity index (χ1) is 9.10. The van der Waals surface area contributed by atoms with Crippen LogP contribution >= 0.6 is 12.4 Å². The minimum Gasteiger partial charge on any atom is -0.373 e. The van der Waals surface area contributed by atoms with Gasteiger partial charge in [0, 0.05) is 18.8 Å². The highest BCUT2D eigenvalue weighted by Crippen LogP contribution is 2.10. The number of carbonyl (C=O) groups excluding carboxylic acids is 1. The number of rotatable bonds is 4. The Morgan fingerprint density at radius 2 is 2.30 bits per heavy atom. The fourth-order valence-corrected chi connectivity index (χ4v) is 2.37. The smallest absolute Gasteiger partial charge is 0.236 e. The lowest BCUT2D eigenvalue weighted by Gasteiger charge is -2.33. The van der Waals surface area contributed by atoms with Crippen LogP contribution < -0.4 is 5.32 Å². The Morgan fingerprint density at radius 3 is 2.90 bits per heavy atom. The molecule has 1 aromatic heterocycles. The van der Waals surface area contributed by atoms with Crippen LogP contribution in [0.5, 0.6) is 0 Å². The molecule has 1 atom stereocenters. The molecule has 0 saturated carbocycles. The van der Waals surface area contributed by atoms with E-state index < -0.39 is 0 Å². The standard InChI is InChI=1S/C13H22N4O2.ClH/c1-10-6-11(2)17(15-10)9-12-8-16(4-5-19-12)13(18)7-14-3;/h6,12,14H,4-5,7-9H2,1-3H3;1H. The van der Waals surface area contributed by atoms with Crippen LogP contribution in [0.3, 0.4) is 0 Å². The zero-order valence-corrected chi connectivity index (χ0v) is 13.1. The lowest BCUT2D eigenvalue weighted by atomic mass is 10.2. The summed E-state index contributed by atoms with van der Waals surface area (Å²) in [6.07, 6.45) is 0.0209. The summed E-state index contributed by atoms with van der Waals surface area (Å²) in [4.78, 5) is 13.7. The highest BCUT2D eigenvalue weighted by molar-refractivity contribution is 5.85. The summed E-state index contributed by atoms with van der Waals surface area (Å²) in [5, 5.41) is 7.32. The summed E-state index contributed by atoms with van der Waals surface area (Å²) < 4.78 is 7.68. The minimum atomic E-state index is 0. The Kier molecular flexibility index (Phi) is 6.45. The van der Waals surface area contributed by atoms with Crippen LogP contribution in [0.4, 0.5) is 0 Å². The lowest BCUT2D eigenvalue weighted by Crippen LogP contribution is -2.49. The van der Waals surface area contributed by atoms with E-state index in [2.05, 4.69) is 10.4 Å². The third kappa shape index (κ3) is 4.19. The minimum absolute atomic E-state index is 0. The van der Waals surface area contributed by atoms with Gasteiger partial charge in [0.2, 0.25) is 5.91 Å². The number of hydrogen-bond donors (Lipinski definition) is 1. The van der Waals surface area contributed by atoms with E-state index in [0.717, 1.165) is 11.4 Å². The predicted octanol–water partition coefficient (Wildman–Crippen LogP) is 0.369. The molecule has 1 unspecified atom stereocenters. The van der Waals surface area contributed by atoms with Crippen LogP contribution in [0.15, 0.2) is 6.07 Å². The topological polar surface area (TPSA) is 59.4 Å². The largest absolute Gasteiger partial charge is 0.373 e. The van der Waals surface area contributed by atoms with Gasteiger partial charge in [-0.25, -0.2) is 0 Å². The molecule has 1 aromatic rings. The molecule has 0 spiro atoms. The van der Waals surface area contributed by atoms with Crippen LogP contribution in [0.2, 0.25) is 0 Å². The maximum Gasteiger partial charge on any atom is 0.236 e. The van der Waals surface area contributed by atoms with Gasteiger partial charge in [-0.05, 0) is 27.0 Å². The number of hydrogen-bond acceptors (Lipinski definition) is 4. The molecule has 7 heteroatoms. The van der Waals surface area contributed by atoms with Crippen LogP contribution in [-0.4, -0.2) is 60.0 Å². The van der Waals surface area contributed by atoms with Crippen LogP contribution in [-0.2, 0) is 16.1 Å². The molecule has 6 nitrogen and oxygen atoms in total. The molecule has 2 heterocycles. The number of morpholine rings is 1. The Labute approximate surface area is 125 Å². The molecule has 1 amide bonds. The summed E-state index contributed by atoms with van der Waals surface area (Å²) in [6.45, 7) is 7.00. The third-order valence-corrected chi connectivity index (χ3v) is 3.30. The van der Waals surface area contributed by atoms with Crippen molar-refractivity contribution in [2.24, 2.45) is 0 Å². The molecule has 0 aromatic carbocycles. The summed E-state index contributed by atoms with van der Waals surface area (Å²) in [5.41, 5.74) is 2.14. The second-order valence-corrected chi connectivity index (χ2v) is 4.97. The van der Waals surface area contributed by atoms with Crippen LogP contribution in [0.25, 0.3) is 0 Å². The lowest BCUT2D eigenvalue weighted by molar-refractivity contribution is -0.138. The predicted molar refractivity (Wildman–Crippen MR) is 79.2 cm³/mol. The molecule has 0 radical (unpaired) electrons. The molecule has 1 N–H and O–H groups in total. The van der Waals surface area contributed by atoms with Crippen molar-refractivity contribution in [2.75, 3.05) is 33.3 Å². The Morgan fingerprint density at radius 1 is 1.55 bits per heavy atom.